The Morgan fingerprint density at radius 1 is 1.04 bits per heavy atom. The smallest absolute Gasteiger partial charge is 0.305 e. The van der Waals surface area contributed by atoms with Gasteiger partial charge in [-0.3, -0.25) is 4.79 Å². The molecule has 0 amide bonds. The van der Waals surface area contributed by atoms with Gasteiger partial charge in [0.1, 0.15) is 0 Å². The summed E-state index contributed by atoms with van der Waals surface area (Å²) in [6.07, 6.45) is -0.326. The average Bonchev–Trinajstić information content (AvgIpc) is 2.50. The summed E-state index contributed by atoms with van der Waals surface area (Å²) >= 11 is 0. The maximum Gasteiger partial charge on any atom is 0.305 e. The summed E-state index contributed by atoms with van der Waals surface area (Å²) in [6, 6.07) is 11.3. The van der Waals surface area contributed by atoms with Gasteiger partial charge in [0.2, 0.25) is 10.0 Å². The Labute approximate surface area is 142 Å². The summed E-state index contributed by atoms with van der Waals surface area (Å²) in [5, 5.41) is 9.11. The second-order valence-corrected chi connectivity index (χ2v) is 7.57. The monoisotopic (exact) mass is 347 g/mol. The second-order valence-electron chi connectivity index (χ2n) is 5.88. The lowest BCUT2D eigenvalue weighted by molar-refractivity contribution is -0.137. The number of carboxylic acids is 1. The lowest BCUT2D eigenvalue weighted by atomic mass is 10.1. The summed E-state index contributed by atoms with van der Waals surface area (Å²) in [5.41, 5.74) is 3.13. The van der Waals surface area contributed by atoms with Crippen molar-refractivity contribution in [1.82, 2.24) is 4.72 Å². The molecular formula is C18H21NO4S. The Bertz CT molecular complexity index is 845. The van der Waals surface area contributed by atoms with Gasteiger partial charge in [0, 0.05) is 0 Å². The summed E-state index contributed by atoms with van der Waals surface area (Å²) < 4.78 is 28.1. The van der Waals surface area contributed by atoms with E-state index in [1.807, 2.05) is 19.9 Å². The van der Waals surface area contributed by atoms with Crippen LogP contribution < -0.4 is 4.72 Å². The number of hydrogen-bond acceptors (Lipinski definition) is 3. The highest BCUT2D eigenvalue weighted by molar-refractivity contribution is 7.89. The fourth-order valence-corrected chi connectivity index (χ4v) is 4.10. The first-order valence-corrected chi connectivity index (χ1v) is 9.06. The van der Waals surface area contributed by atoms with Crippen molar-refractivity contribution in [3.05, 3.63) is 64.7 Å². The number of sulfonamides is 1. The summed E-state index contributed by atoms with van der Waals surface area (Å²) in [7, 11) is -3.84. The predicted molar refractivity (Wildman–Crippen MR) is 92.4 cm³/mol. The van der Waals surface area contributed by atoms with Crippen LogP contribution in [0, 0.1) is 20.8 Å². The van der Waals surface area contributed by atoms with Gasteiger partial charge in [-0.05, 0) is 49.1 Å². The van der Waals surface area contributed by atoms with Crippen LogP contribution >= 0.6 is 0 Å². The molecular weight excluding hydrogens is 326 g/mol. The topological polar surface area (TPSA) is 83.5 Å². The van der Waals surface area contributed by atoms with Crippen LogP contribution in [-0.4, -0.2) is 19.5 Å². The Morgan fingerprint density at radius 2 is 1.62 bits per heavy atom. The molecule has 0 fully saturated rings. The molecule has 0 saturated heterocycles. The Morgan fingerprint density at radius 3 is 2.21 bits per heavy atom. The van der Waals surface area contributed by atoms with E-state index in [4.69, 9.17) is 5.11 Å². The van der Waals surface area contributed by atoms with E-state index in [9.17, 15) is 13.2 Å². The van der Waals surface area contributed by atoms with E-state index < -0.39 is 22.0 Å². The highest BCUT2D eigenvalue weighted by atomic mass is 32.2. The molecule has 0 bridgehead atoms. The maximum atomic E-state index is 12.8. The van der Waals surface area contributed by atoms with Gasteiger partial charge in [-0.2, -0.15) is 0 Å². The highest BCUT2D eigenvalue weighted by Crippen LogP contribution is 2.24. The summed E-state index contributed by atoms with van der Waals surface area (Å²) in [4.78, 5) is 11.3. The van der Waals surface area contributed by atoms with Crippen molar-refractivity contribution in [2.75, 3.05) is 0 Å². The molecule has 0 radical (unpaired) electrons. The van der Waals surface area contributed by atoms with Crippen LogP contribution in [0.1, 0.15) is 34.7 Å². The van der Waals surface area contributed by atoms with Crippen molar-refractivity contribution in [2.24, 2.45) is 0 Å². The van der Waals surface area contributed by atoms with E-state index >= 15 is 0 Å². The summed E-state index contributed by atoms with van der Waals surface area (Å²) in [6.45, 7) is 5.50. The van der Waals surface area contributed by atoms with Gasteiger partial charge in [-0.1, -0.05) is 36.4 Å². The third kappa shape index (κ3) is 4.21. The van der Waals surface area contributed by atoms with E-state index in [1.54, 1.807) is 43.3 Å². The van der Waals surface area contributed by atoms with Gasteiger partial charge >= 0.3 is 5.97 Å². The van der Waals surface area contributed by atoms with Gasteiger partial charge in [0.25, 0.3) is 0 Å². The number of carboxylic acid groups (broad SMARTS) is 1. The fraction of sp³-hybridized carbons (Fsp3) is 0.278. The minimum absolute atomic E-state index is 0.178. The quantitative estimate of drug-likeness (QED) is 0.841. The van der Waals surface area contributed by atoms with Crippen molar-refractivity contribution >= 4 is 16.0 Å². The number of carbonyl (C=O) groups is 1. The van der Waals surface area contributed by atoms with Crippen molar-refractivity contribution in [3.63, 3.8) is 0 Å². The van der Waals surface area contributed by atoms with E-state index in [1.165, 1.54) is 0 Å². The van der Waals surface area contributed by atoms with Gasteiger partial charge in [0.15, 0.2) is 0 Å². The van der Waals surface area contributed by atoms with Crippen LogP contribution in [0.5, 0.6) is 0 Å². The zero-order chi connectivity index (χ0) is 17.9. The van der Waals surface area contributed by atoms with Crippen molar-refractivity contribution in [3.8, 4) is 0 Å². The Balaban J connectivity index is 2.41. The molecule has 6 heteroatoms. The van der Waals surface area contributed by atoms with E-state index in [2.05, 4.69) is 4.72 Å². The zero-order valence-electron chi connectivity index (χ0n) is 13.9. The number of benzene rings is 2. The molecule has 5 nitrogen and oxygen atoms in total. The highest BCUT2D eigenvalue weighted by Gasteiger charge is 2.25. The molecule has 24 heavy (non-hydrogen) atoms. The standard InChI is InChI=1S/C18H21NO4S/c1-12-9-14(3)17(10-13(12)2)24(22,23)19-16(11-18(20)21)15-7-5-4-6-8-15/h4-10,16,19H,11H2,1-3H3,(H,20,21)/t16-/m0/s1. The molecule has 0 aliphatic rings. The maximum absolute atomic E-state index is 12.8. The number of hydrogen-bond donors (Lipinski definition) is 2. The van der Waals surface area contributed by atoms with Crippen molar-refractivity contribution in [2.45, 2.75) is 38.1 Å². The summed E-state index contributed by atoms with van der Waals surface area (Å²) in [5.74, 6) is -1.07. The lowest BCUT2D eigenvalue weighted by Gasteiger charge is -2.19. The van der Waals surface area contributed by atoms with Crippen LogP contribution in [0.4, 0.5) is 0 Å². The number of rotatable bonds is 6. The number of aryl methyl sites for hydroxylation is 3. The third-order valence-electron chi connectivity index (χ3n) is 3.96. The largest absolute Gasteiger partial charge is 0.481 e. The molecule has 0 aliphatic carbocycles. The third-order valence-corrected chi connectivity index (χ3v) is 5.57. The first-order chi connectivity index (χ1) is 11.2. The van der Waals surface area contributed by atoms with Crippen LogP contribution in [0.3, 0.4) is 0 Å². The zero-order valence-corrected chi connectivity index (χ0v) is 14.7. The molecule has 1 atom stereocenters. The predicted octanol–water partition coefficient (Wildman–Crippen LogP) is 3.11. The molecule has 2 rings (SSSR count). The van der Waals surface area contributed by atoms with Gasteiger partial charge in [-0.15, -0.1) is 0 Å². The van der Waals surface area contributed by atoms with Crippen molar-refractivity contribution < 1.29 is 18.3 Å². The number of aliphatic carboxylic acids is 1. The first kappa shape index (κ1) is 18.2. The molecule has 0 unspecified atom stereocenters. The Kier molecular flexibility index (Phi) is 5.41. The number of nitrogens with one attached hydrogen (secondary N) is 1. The fourth-order valence-electron chi connectivity index (χ4n) is 2.56. The molecule has 2 aromatic rings. The molecule has 128 valence electrons. The van der Waals surface area contributed by atoms with Crippen molar-refractivity contribution in [1.29, 1.82) is 0 Å². The van der Waals surface area contributed by atoms with E-state index in [0.29, 0.717) is 11.1 Å². The minimum Gasteiger partial charge on any atom is -0.481 e. The lowest BCUT2D eigenvalue weighted by Crippen LogP contribution is -2.30. The van der Waals surface area contributed by atoms with Crippen LogP contribution in [-0.2, 0) is 14.8 Å². The van der Waals surface area contributed by atoms with Gasteiger partial charge in [-0.25, -0.2) is 13.1 Å². The van der Waals surface area contributed by atoms with Gasteiger partial charge in [0.05, 0.1) is 17.4 Å². The molecule has 0 saturated carbocycles. The van der Waals surface area contributed by atoms with E-state index in [-0.39, 0.29) is 11.3 Å². The second kappa shape index (κ2) is 7.15. The molecule has 0 spiro atoms. The molecule has 0 aromatic heterocycles. The van der Waals surface area contributed by atoms with Crippen LogP contribution in [0.15, 0.2) is 47.4 Å². The first-order valence-electron chi connectivity index (χ1n) is 7.57. The molecule has 2 aromatic carbocycles. The van der Waals surface area contributed by atoms with Crippen LogP contribution in [0.25, 0.3) is 0 Å². The van der Waals surface area contributed by atoms with Crippen LogP contribution in [0.2, 0.25) is 0 Å². The minimum atomic E-state index is -3.84. The van der Waals surface area contributed by atoms with Gasteiger partial charge < -0.3 is 5.11 Å². The SMILES string of the molecule is Cc1cc(C)c(S(=O)(=O)N[C@@H](CC(=O)O)c2ccccc2)cc1C. The molecule has 0 heterocycles. The molecule has 0 aliphatic heterocycles. The Hall–Kier alpha value is -2.18. The van der Waals surface area contributed by atoms with E-state index in [0.717, 1.165) is 11.1 Å². The molecule has 2 N–H and O–H groups in total. The average molecular weight is 347 g/mol. The normalized spacial score (nSPS) is 12.8.